The summed E-state index contributed by atoms with van der Waals surface area (Å²) in [5.74, 6) is 0.586. The smallest absolute Gasteiger partial charge is 0.0815 e. The standard InChI is InChI=1S/C18H27NO2/c20-18(10-12-21-13-11-18)14-19-17-9-5-4-8-16(17)15-6-2-1-3-7-15/h1-3,6-7,16-17,19-20H,4-5,8-14H2/t16-,17-/m1/s1. The molecule has 1 aromatic carbocycles. The number of hydrogen-bond acceptors (Lipinski definition) is 3. The molecule has 0 unspecified atom stereocenters. The van der Waals surface area contributed by atoms with Crippen LogP contribution in [0.1, 0.15) is 50.0 Å². The third kappa shape index (κ3) is 3.85. The summed E-state index contributed by atoms with van der Waals surface area (Å²) in [4.78, 5) is 0. The molecule has 1 saturated heterocycles. The van der Waals surface area contributed by atoms with Crippen molar-refractivity contribution in [3.63, 3.8) is 0 Å². The molecule has 0 aromatic heterocycles. The summed E-state index contributed by atoms with van der Waals surface area (Å²) in [6, 6.07) is 11.3. The normalized spacial score (nSPS) is 29.2. The van der Waals surface area contributed by atoms with E-state index in [1.54, 1.807) is 0 Å². The molecule has 2 N–H and O–H groups in total. The first kappa shape index (κ1) is 15.0. The van der Waals surface area contributed by atoms with E-state index in [-0.39, 0.29) is 0 Å². The Labute approximate surface area is 127 Å². The zero-order valence-corrected chi connectivity index (χ0v) is 12.8. The quantitative estimate of drug-likeness (QED) is 0.895. The summed E-state index contributed by atoms with van der Waals surface area (Å²) in [6.45, 7) is 2.07. The summed E-state index contributed by atoms with van der Waals surface area (Å²) >= 11 is 0. The molecule has 0 amide bonds. The molecule has 21 heavy (non-hydrogen) atoms. The van der Waals surface area contributed by atoms with Crippen LogP contribution in [0.5, 0.6) is 0 Å². The van der Waals surface area contributed by atoms with Crippen LogP contribution in [0.25, 0.3) is 0 Å². The molecule has 3 heteroatoms. The van der Waals surface area contributed by atoms with Gasteiger partial charge in [0.2, 0.25) is 0 Å². The highest BCUT2D eigenvalue weighted by molar-refractivity contribution is 5.22. The van der Waals surface area contributed by atoms with Crippen molar-refractivity contribution < 1.29 is 9.84 Å². The van der Waals surface area contributed by atoms with E-state index in [1.807, 2.05) is 0 Å². The molecular weight excluding hydrogens is 262 g/mol. The molecule has 2 aliphatic rings. The molecule has 1 aliphatic heterocycles. The lowest BCUT2D eigenvalue weighted by atomic mass is 9.79. The average Bonchev–Trinajstić information content (AvgIpc) is 2.55. The maximum atomic E-state index is 10.6. The van der Waals surface area contributed by atoms with Crippen molar-refractivity contribution in [2.75, 3.05) is 19.8 Å². The number of aliphatic hydroxyl groups is 1. The molecule has 1 saturated carbocycles. The SMILES string of the molecule is OC1(CN[C@@H]2CCCC[C@@H]2c2ccccc2)CCOCC1. The number of benzene rings is 1. The molecular formula is C18H27NO2. The van der Waals surface area contributed by atoms with Gasteiger partial charge in [-0.05, 0) is 24.3 Å². The number of ether oxygens (including phenoxy) is 1. The molecule has 116 valence electrons. The number of hydrogen-bond donors (Lipinski definition) is 2. The highest BCUT2D eigenvalue weighted by Gasteiger charge is 2.32. The van der Waals surface area contributed by atoms with E-state index in [9.17, 15) is 5.11 Å². The van der Waals surface area contributed by atoms with Gasteiger partial charge in [-0.15, -0.1) is 0 Å². The monoisotopic (exact) mass is 289 g/mol. The van der Waals surface area contributed by atoms with Crippen molar-refractivity contribution in [1.29, 1.82) is 0 Å². The molecule has 2 atom stereocenters. The van der Waals surface area contributed by atoms with Crippen LogP contribution in [-0.2, 0) is 4.74 Å². The van der Waals surface area contributed by atoms with Gasteiger partial charge in [0.05, 0.1) is 5.60 Å². The Hall–Kier alpha value is -0.900. The Morgan fingerprint density at radius 3 is 2.57 bits per heavy atom. The van der Waals surface area contributed by atoms with Crippen molar-refractivity contribution in [1.82, 2.24) is 5.32 Å². The predicted octanol–water partition coefficient (Wildman–Crippen LogP) is 2.84. The zero-order chi connectivity index (χ0) is 14.5. The molecule has 1 heterocycles. The Kier molecular flexibility index (Phi) is 4.94. The molecule has 3 rings (SSSR count). The highest BCUT2D eigenvalue weighted by atomic mass is 16.5. The first-order valence-electron chi connectivity index (χ1n) is 8.35. The lowest BCUT2D eigenvalue weighted by Gasteiger charge is -2.37. The largest absolute Gasteiger partial charge is 0.388 e. The van der Waals surface area contributed by atoms with Gasteiger partial charge in [0, 0.05) is 38.6 Å². The fourth-order valence-electron chi connectivity index (χ4n) is 3.72. The van der Waals surface area contributed by atoms with E-state index in [1.165, 1.54) is 31.2 Å². The van der Waals surface area contributed by atoms with E-state index < -0.39 is 5.60 Å². The topological polar surface area (TPSA) is 41.5 Å². The summed E-state index contributed by atoms with van der Waals surface area (Å²) in [5, 5.41) is 14.3. The minimum atomic E-state index is -0.572. The van der Waals surface area contributed by atoms with Crippen molar-refractivity contribution >= 4 is 0 Å². The van der Waals surface area contributed by atoms with Crippen LogP contribution < -0.4 is 5.32 Å². The molecule has 0 bridgehead atoms. The van der Waals surface area contributed by atoms with Gasteiger partial charge in [-0.1, -0.05) is 43.2 Å². The second-order valence-electron chi connectivity index (χ2n) is 6.63. The van der Waals surface area contributed by atoms with Gasteiger partial charge in [0.15, 0.2) is 0 Å². The van der Waals surface area contributed by atoms with E-state index in [4.69, 9.17) is 4.74 Å². The second-order valence-corrected chi connectivity index (χ2v) is 6.63. The molecule has 2 fully saturated rings. The van der Waals surface area contributed by atoms with Crippen LogP contribution in [0.15, 0.2) is 30.3 Å². The van der Waals surface area contributed by atoms with Crippen LogP contribution in [0.3, 0.4) is 0 Å². The van der Waals surface area contributed by atoms with Gasteiger partial charge >= 0.3 is 0 Å². The lowest BCUT2D eigenvalue weighted by Crippen LogP contribution is -2.49. The van der Waals surface area contributed by atoms with E-state index in [0.717, 1.165) is 12.8 Å². The van der Waals surface area contributed by atoms with E-state index >= 15 is 0 Å². The van der Waals surface area contributed by atoms with Crippen LogP contribution in [0.2, 0.25) is 0 Å². The van der Waals surface area contributed by atoms with Gasteiger partial charge in [0.1, 0.15) is 0 Å². The minimum Gasteiger partial charge on any atom is -0.388 e. The van der Waals surface area contributed by atoms with Crippen LogP contribution >= 0.6 is 0 Å². The molecule has 3 nitrogen and oxygen atoms in total. The van der Waals surface area contributed by atoms with Gasteiger partial charge in [-0.3, -0.25) is 0 Å². The van der Waals surface area contributed by atoms with Gasteiger partial charge < -0.3 is 15.2 Å². The zero-order valence-electron chi connectivity index (χ0n) is 12.8. The van der Waals surface area contributed by atoms with Crippen molar-refractivity contribution in [3.8, 4) is 0 Å². The van der Waals surface area contributed by atoms with E-state index in [0.29, 0.717) is 31.7 Å². The number of rotatable bonds is 4. The van der Waals surface area contributed by atoms with Gasteiger partial charge in [-0.25, -0.2) is 0 Å². The first-order valence-corrected chi connectivity index (χ1v) is 8.35. The first-order chi connectivity index (χ1) is 10.3. The van der Waals surface area contributed by atoms with Crippen molar-refractivity contribution in [2.24, 2.45) is 0 Å². The van der Waals surface area contributed by atoms with E-state index in [2.05, 4.69) is 35.6 Å². The summed E-state index contributed by atoms with van der Waals surface area (Å²) < 4.78 is 5.36. The third-order valence-corrected chi connectivity index (χ3v) is 5.11. The predicted molar refractivity (Wildman–Crippen MR) is 84.4 cm³/mol. The van der Waals surface area contributed by atoms with Crippen LogP contribution in [0, 0.1) is 0 Å². The summed E-state index contributed by atoms with van der Waals surface area (Å²) in [5.41, 5.74) is 0.866. The number of nitrogens with one attached hydrogen (secondary N) is 1. The summed E-state index contributed by atoms with van der Waals surface area (Å²) in [7, 11) is 0. The Morgan fingerprint density at radius 2 is 1.81 bits per heavy atom. The van der Waals surface area contributed by atoms with Crippen LogP contribution in [0.4, 0.5) is 0 Å². The average molecular weight is 289 g/mol. The maximum Gasteiger partial charge on any atom is 0.0815 e. The molecule has 1 aromatic rings. The Balaban J connectivity index is 1.62. The fraction of sp³-hybridized carbons (Fsp3) is 0.667. The Morgan fingerprint density at radius 1 is 1.10 bits per heavy atom. The Bertz CT molecular complexity index is 428. The van der Waals surface area contributed by atoms with Crippen molar-refractivity contribution in [3.05, 3.63) is 35.9 Å². The molecule has 1 aliphatic carbocycles. The van der Waals surface area contributed by atoms with Gasteiger partial charge in [-0.2, -0.15) is 0 Å². The van der Waals surface area contributed by atoms with Crippen molar-refractivity contribution in [2.45, 2.75) is 56.1 Å². The lowest BCUT2D eigenvalue weighted by molar-refractivity contribution is -0.0634. The highest BCUT2D eigenvalue weighted by Crippen LogP contribution is 2.33. The molecule has 0 spiro atoms. The molecule has 0 radical (unpaired) electrons. The minimum absolute atomic E-state index is 0.494. The summed E-state index contributed by atoms with van der Waals surface area (Å²) in [6.07, 6.45) is 6.58. The second kappa shape index (κ2) is 6.91. The van der Waals surface area contributed by atoms with Gasteiger partial charge in [0.25, 0.3) is 0 Å². The van der Waals surface area contributed by atoms with Crippen LogP contribution in [-0.4, -0.2) is 36.5 Å². The third-order valence-electron chi connectivity index (χ3n) is 5.11. The fourth-order valence-corrected chi connectivity index (χ4v) is 3.72. The maximum absolute atomic E-state index is 10.6.